The number of nitro benzene ring substituents is 1. The summed E-state index contributed by atoms with van der Waals surface area (Å²) in [5.74, 6) is -1.55. The van der Waals surface area contributed by atoms with E-state index < -0.39 is 28.6 Å². The van der Waals surface area contributed by atoms with Crippen LogP contribution < -0.4 is 5.32 Å². The highest BCUT2D eigenvalue weighted by molar-refractivity contribution is 6.31. The number of halogens is 1. The number of nitro groups is 1. The van der Waals surface area contributed by atoms with Gasteiger partial charge in [0, 0.05) is 16.8 Å². The van der Waals surface area contributed by atoms with E-state index >= 15 is 0 Å². The third-order valence-electron chi connectivity index (χ3n) is 3.43. The lowest BCUT2D eigenvalue weighted by molar-refractivity contribution is -0.385. The van der Waals surface area contributed by atoms with Gasteiger partial charge in [0.2, 0.25) is 0 Å². The van der Waals surface area contributed by atoms with Gasteiger partial charge in [-0.15, -0.1) is 0 Å². The summed E-state index contributed by atoms with van der Waals surface area (Å²) in [4.78, 5) is 34.7. The topological polar surface area (TPSA) is 98.5 Å². The first-order valence-electron chi connectivity index (χ1n) is 7.31. The van der Waals surface area contributed by atoms with Crippen LogP contribution in [0.25, 0.3) is 0 Å². The molecule has 2 aromatic carbocycles. The van der Waals surface area contributed by atoms with Crippen LogP contribution >= 0.6 is 11.6 Å². The van der Waals surface area contributed by atoms with Crippen LogP contribution in [0.3, 0.4) is 0 Å². The van der Waals surface area contributed by atoms with Crippen molar-refractivity contribution in [2.45, 2.75) is 20.0 Å². The van der Waals surface area contributed by atoms with Crippen LogP contribution in [0.2, 0.25) is 5.02 Å². The molecule has 0 bridgehead atoms. The molecular weight excluding hydrogens is 348 g/mol. The Kier molecular flexibility index (Phi) is 5.71. The van der Waals surface area contributed by atoms with Gasteiger partial charge in [0.15, 0.2) is 6.10 Å². The summed E-state index contributed by atoms with van der Waals surface area (Å²) in [6, 6.07) is 10.7. The van der Waals surface area contributed by atoms with Crippen molar-refractivity contribution >= 4 is 34.9 Å². The highest BCUT2D eigenvalue weighted by Gasteiger charge is 2.26. The average Bonchev–Trinajstić information content (AvgIpc) is 2.56. The second kappa shape index (κ2) is 7.76. The molecule has 0 aliphatic rings. The number of benzene rings is 2. The summed E-state index contributed by atoms with van der Waals surface area (Å²) in [5.41, 5.74) is 0.679. The molecule has 0 saturated heterocycles. The fourth-order valence-electron chi connectivity index (χ4n) is 2.06. The Morgan fingerprint density at radius 3 is 2.56 bits per heavy atom. The minimum absolute atomic E-state index is 0.148. The van der Waals surface area contributed by atoms with Crippen LogP contribution in [0.1, 0.15) is 22.8 Å². The fraction of sp³-hybridized carbons (Fsp3) is 0.176. The van der Waals surface area contributed by atoms with E-state index in [9.17, 15) is 19.7 Å². The van der Waals surface area contributed by atoms with Crippen molar-refractivity contribution in [2.75, 3.05) is 5.32 Å². The number of nitrogens with one attached hydrogen (secondary N) is 1. The Balaban J connectivity index is 2.12. The number of hydrogen-bond donors (Lipinski definition) is 1. The molecule has 0 radical (unpaired) electrons. The lowest BCUT2D eigenvalue weighted by Gasteiger charge is -2.14. The Labute approximate surface area is 148 Å². The van der Waals surface area contributed by atoms with Gasteiger partial charge in [-0.2, -0.15) is 0 Å². The highest BCUT2D eigenvalue weighted by atomic mass is 35.5. The first-order chi connectivity index (χ1) is 11.8. The van der Waals surface area contributed by atoms with E-state index in [1.165, 1.54) is 13.0 Å². The number of aryl methyl sites for hydroxylation is 1. The van der Waals surface area contributed by atoms with Gasteiger partial charge < -0.3 is 10.1 Å². The lowest BCUT2D eigenvalue weighted by Crippen LogP contribution is -2.30. The molecule has 0 heterocycles. The number of carbonyl (C=O) groups is 2. The summed E-state index contributed by atoms with van der Waals surface area (Å²) in [7, 11) is 0. The van der Waals surface area contributed by atoms with Gasteiger partial charge in [-0.3, -0.25) is 14.9 Å². The van der Waals surface area contributed by atoms with E-state index in [0.29, 0.717) is 5.69 Å². The maximum Gasteiger partial charge on any atom is 0.345 e. The van der Waals surface area contributed by atoms with Crippen molar-refractivity contribution in [3.63, 3.8) is 0 Å². The zero-order valence-corrected chi connectivity index (χ0v) is 14.2. The van der Waals surface area contributed by atoms with E-state index in [1.807, 2.05) is 19.1 Å². The number of hydrogen-bond acceptors (Lipinski definition) is 5. The number of amides is 1. The summed E-state index contributed by atoms with van der Waals surface area (Å²) < 4.78 is 5.04. The molecule has 0 aliphatic carbocycles. The number of nitrogens with zero attached hydrogens (tertiary/aromatic N) is 1. The fourth-order valence-corrected chi connectivity index (χ4v) is 2.23. The molecule has 0 aliphatic heterocycles. The molecule has 7 nitrogen and oxygen atoms in total. The number of para-hydroxylation sites is 1. The quantitative estimate of drug-likeness (QED) is 0.496. The SMILES string of the molecule is Cc1ccccc1NC(=O)C(C)OC(=O)c1cc(Cl)ccc1[N+](=O)[O-]. The summed E-state index contributed by atoms with van der Waals surface area (Å²) >= 11 is 5.78. The second-order valence-electron chi connectivity index (χ2n) is 5.27. The summed E-state index contributed by atoms with van der Waals surface area (Å²) in [6.45, 7) is 3.20. The zero-order chi connectivity index (χ0) is 18.6. The number of anilines is 1. The van der Waals surface area contributed by atoms with Crippen LogP contribution in [0.5, 0.6) is 0 Å². The van der Waals surface area contributed by atoms with Crippen molar-refractivity contribution in [1.29, 1.82) is 0 Å². The zero-order valence-electron chi connectivity index (χ0n) is 13.5. The van der Waals surface area contributed by atoms with Gasteiger partial charge in [-0.25, -0.2) is 4.79 Å². The van der Waals surface area contributed by atoms with Gasteiger partial charge in [0.1, 0.15) is 5.56 Å². The predicted octanol–water partition coefficient (Wildman–Crippen LogP) is 3.74. The Morgan fingerprint density at radius 1 is 1.24 bits per heavy atom. The monoisotopic (exact) mass is 362 g/mol. The Hall–Kier alpha value is -2.93. The van der Waals surface area contributed by atoms with E-state index in [4.69, 9.17) is 16.3 Å². The molecule has 2 aromatic rings. The smallest absolute Gasteiger partial charge is 0.345 e. The first kappa shape index (κ1) is 18.4. The van der Waals surface area contributed by atoms with Crippen molar-refractivity contribution in [1.82, 2.24) is 0 Å². The van der Waals surface area contributed by atoms with E-state index in [0.717, 1.165) is 17.7 Å². The van der Waals surface area contributed by atoms with Crippen molar-refractivity contribution in [3.8, 4) is 0 Å². The van der Waals surface area contributed by atoms with Crippen LogP contribution in [-0.2, 0) is 9.53 Å². The first-order valence-corrected chi connectivity index (χ1v) is 7.69. The van der Waals surface area contributed by atoms with Gasteiger partial charge >= 0.3 is 5.97 Å². The van der Waals surface area contributed by atoms with Crippen molar-refractivity contribution in [3.05, 3.63) is 68.7 Å². The number of esters is 1. The molecule has 1 amide bonds. The molecule has 25 heavy (non-hydrogen) atoms. The van der Waals surface area contributed by atoms with Crippen LogP contribution in [0, 0.1) is 17.0 Å². The normalized spacial score (nSPS) is 11.5. The standard InChI is InChI=1S/C17H15ClN2O5/c1-10-5-3-4-6-14(10)19-16(21)11(2)25-17(22)13-9-12(18)7-8-15(13)20(23)24/h3-9,11H,1-2H3,(H,19,21). The Morgan fingerprint density at radius 2 is 1.92 bits per heavy atom. The largest absolute Gasteiger partial charge is 0.449 e. The van der Waals surface area contributed by atoms with E-state index in [-0.39, 0.29) is 10.6 Å². The summed E-state index contributed by atoms with van der Waals surface area (Å²) in [6.07, 6.45) is -1.15. The van der Waals surface area contributed by atoms with Crippen LogP contribution in [0.4, 0.5) is 11.4 Å². The third-order valence-corrected chi connectivity index (χ3v) is 3.67. The van der Waals surface area contributed by atoms with Crippen LogP contribution in [-0.4, -0.2) is 22.9 Å². The Bertz CT molecular complexity index is 838. The minimum atomic E-state index is -1.15. The molecule has 0 aromatic heterocycles. The maximum atomic E-state index is 12.2. The van der Waals surface area contributed by atoms with Crippen molar-refractivity contribution < 1.29 is 19.2 Å². The van der Waals surface area contributed by atoms with Gasteiger partial charge in [0.05, 0.1) is 4.92 Å². The number of rotatable bonds is 5. The molecule has 2 rings (SSSR count). The van der Waals surface area contributed by atoms with Crippen LogP contribution in [0.15, 0.2) is 42.5 Å². The highest BCUT2D eigenvalue weighted by Crippen LogP contribution is 2.24. The molecule has 0 spiro atoms. The van der Waals surface area contributed by atoms with E-state index in [1.54, 1.807) is 12.1 Å². The molecule has 1 atom stereocenters. The third kappa shape index (κ3) is 4.54. The molecule has 8 heteroatoms. The van der Waals surface area contributed by atoms with Gasteiger partial charge in [0.25, 0.3) is 11.6 Å². The van der Waals surface area contributed by atoms with Gasteiger partial charge in [-0.1, -0.05) is 29.8 Å². The molecular formula is C17H15ClN2O5. The molecule has 0 fully saturated rings. The lowest BCUT2D eigenvalue weighted by atomic mass is 10.2. The maximum absolute atomic E-state index is 12.2. The predicted molar refractivity (Wildman–Crippen MR) is 92.8 cm³/mol. The molecule has 130 valence electrons. The number of carbonyl (C=O) groups excluding carboxylic acids is 2. The van der Waals surface area contributed by atoms with E-state index in [2.05, 4.69) is 5.32 Å². The second-order valence-corrected chi connectivity index (χ2v) is 5.71. The molecule has 0 saturated carbocycles. The summed E-state index contributed by atoms with van der Waals surface area (Å²) in [5, 5.41) is 13.8. The average molecular weight is 363 g/mol. The minimum Gasteiger partial charge on any atom is -0.449 e. The molecule has 1 N–H and O–H groups in total. The molecule has 1 unspecified atom stereocenters. The van der Waals surface area contributed by atoms with Crippen molar-refractivity contribution in [2.24, 2.45) is 0 Å². The number of ether oxygens (including phenoxy) is 1. The van der Waals surface area contributed by atoms with Gasteiger partial charge in [-0.05, 0) is 37.6 Å².